The molecule has 0 saturated carbocycles. The molecule has 2 aromatic heterocycles. The van der Waals surface area contributed by atoms with Gasteiger partial charge in [0.2, 0.25) is 0 Å². The molecule has 8 heteroatoms. The van der Waals surface area contributed by atoms with Crippen LogP contribution in [0.4, 0.5) is 5.82 Å². The van der Waals surface area contributed by atoms with Crippen molar-refractivity contribution in [1.29, 1.82) is 0 Å². The molecule has 0 saturated heterocycles. The SMILES string of the molecule is CCNC(=NCCCCNc1ccccn1)NCCc1ccc(Cl)nc1.I. The summed E-state index contributed by atoms with van der Waals surface area (Å²) in [6, 6.07) is 9.68. The monoisotopic (exact) mass is 502 g/mol. The van der Waals surface area contributed by atoms with E-state index >= 15 is 0 Å². The number of nitrogens with one attached hydrogen (secondary N) is 3. The van der Waals surface area contributed by atoms with Crippen molar-refractivity contribution in [3.05, 3.63) is 53.4 Å². The molecule has 0 atom stereocenters. The maximum Gasteiger partial charge on any atom is 0.191 e. The lowest BCUT2D eigenvalue weighted by Crippen LogP contribution is -2.38. The van der Waals surface area contributed by atoms with Crippen molar-refractivity contribution in [3.8, 4) is 0 Å². The third-order valence-corrected chi connectivity index (χ3v) is 3.89. The maximum atomic E-state index is 5.80. The Labute approximate surface area is 183 Å². The Morgan fingerprint density at radius 3 is 2.67 bits per heavy atom. The molecule has 0 aliphatic carbocycles. The van der Waals surface area contributed by atoms with E-state index in [1.807, 2.05) is 36.5 Å². The van der Waals surface area contributed by atoms with E-state index < -0.39 is 0 Å². The van der Waals surface area contributed by atoms with Crippen molar-refractivity contribution in [2.75, 3.05) is 31.5 Å². The van der Waals surface area contributed by atoms with Crippen molar-refractivity contribution >= 4 is 47.4 Å². The summed E-state index contributed by atoms with van der Waals surface area (Å²) in [5, 5.41) is 10.5. The zero-order valence-corrected chi connectivity index (χ0v) is 18.7. The molecule has 2 heterocycles. The minimum Gasteiger partial charge on any atom is -0.370 e. The number of guanidine groups is 1. The summed E-state index contributed by atoms with van der Waals surface area (Å²) in [7, 11) is 0. The van der Waals surface area contributed by atoms with E-state index in [0.717, 1.165) is 62.8 Å². The summed E-state index contributed by atoms with van der Waals surface area (Å²) >= 11 is 5.80. The summed E-state index contributed by atoms with van der Waals surface area (Å²) in [4.78, 5) is 13.0. The highest BCUT2D eigenvalue weighted by atomic mass is 127. The number of nitrogens with zero attached hydrogens (tertiary/aromatic N) is 3. The van der Waals surface area contributed by atoms with Gasteiger partial charge >= 0.3 is 0 Å². The Morgan fingerprint density at radius 1 is 1.07 bits per heavy atom. The molecule has 27 heavy (non-hydrogen) atoms. The molecule has 3 N–H and O–H groups in total. The Hall–Kier alpha value is -1.61. The van der Waals surface area contributed by atoms with Gasteiger partial charge in [0.15, 0.2) is 5.96 Å². The highest BCUT2D eigenvalue weighted by Gasteiger charge is 1.99. The quantitative estimate of drug-likeness (QED) is 0.152. The fourth-order valence-corrected chi connectivity index (χ4v) is 2.44. The minimum absolute atomic E-state index is 0. The van der Waals surface area contributed by atoms with E-state index in [4.69, 9.17) is 11.6 Å². The Bertz CT molecular complexity index is 651. The van der Waals surface area contributed by atoms with E-state index in [0.29, 0.717) is 5.15 Å². The summed E-state index contributed by atoms with van der Waals surface area (Å²) in [6.07, 6.45) is 6.56. The fraction of sp³-hybridized carbons (Fsp3) is 0.421. The van der Waals surface area contributed by atoms with Gasteiger partial charge in [-0.05, 0) is 49.9 Å². The lowest BCUT2D eigenvalue weighted by Gasteiger charge is -2.11. The van der Waals surface area contributed by atoms with E-state index in [2.05, 4.69) is 37.8 Å². The predicted molar refractivity (Wildman–Crippen MR) is 124 cm³/mol. The first-order valence-electron chi connectivity index (χ1n) is 9.05. The van der Waals surface area contributed by atoms with E-state index in [1.165, 1.54) is 0 Å². The number of pyridine rings is 2. The van der Waals surface area contributed by atoms with Crippen LogP contribution >= 0.6 is 35.6 Å². The molecular formula is C19H28ClIN6. The summed E-state index contributed by atoms with van der Waals surface area (Å²) < 4.78 is 0. The molecule has 0 aliphatic rings. The number of anilines is 1. The van der Waals surface area contributed by atoms with Gasteiger partial charge in [-0.15, -0.1) is 24.0 Å². The highest BCUT2D eigenvalue weighted by molar-refractivity contribution is 14.0. The molecule has 2 aromatic rings. The summed E-state index contributed by atoms with van der Waals surface area (Å²) in [5.74, 6) is 1.77. The summed E-state index contributed by atoms with van der Waals surface area (Å²) in [6.45, 7) is 5.41. The number of aromatic nitrogens is 2. The second kappa shape index (κ2) is 14.4. The molecule has 0 fully saturated rings. The first-order chi connectivity index (χ1) is 12.8. The minimum atomic E-state index is 0. The molecule has 0 amide bonds. The third-order valence-electron chi connectivity index (χ3n) is 3.66. The van der Waals surface area contributed by atoms with Gasteiger partial charge in [0, 0.05) is 38.6 Å². The van der Waals surface area contributed by atoms with Crippen LogP contribution in [0.5, 0.6) is 0 Å². The predicted octanol–water partition coefficient (Wildman–Crippen LogP) is 3.74. The molecule has 0 radical (unpaired) electrons. The van der Waals surface area contributed by atoms with Crippen LogP contribution in [0.25, 0.3) is 0 Å². The highest BCUT2D eigenvalue weighted by Crippen LogP contribution is 2.05. The van der Waals surface area contributed by atoms with Gasteiger partial charge in [-0.3, -0.25) is 4.99 Å². The van der Waals surface area contributed by atoms with Crippen molar-refractivity contribution in [2.45, 2.75) is 26.2 Å². The van der Waals surface area contributed by atoms with Crippen LogP contribution in [0.1, 0.15) is 25.3 Å². The second-order valence-electron chi connectivity index (χ2n) is 5.78. The molecule has 0 unspecified atom stereocenters. The van der Waals surface area contributed by atoms with Gasteiger partial charge in [0.05, 0.1) is 0 Å². The number of rotatable bonds is 10. The molecule has 0 spiro atoms. The number of halogens is 2. The molecule has 6 nitrogen and oxygen atoms in total. The van der Waals surface area contributed by atoms with Crippen LogP contribution in [0.15, 0.2) is 47.7 Å². The van der Waals surface area contributed by atoms with Crippen LogP contribution in [-0.4, -0.2) is 42.1 Å². The lowest BCUT2D eigenvalue weighted by atomic mass is 10.2. The smallest absolute Gasteiger partial charge is 0.191 e. The molecule has 0 aromatic carbocycles. The first-order valence-corrected chi connectivity index (χ1v) is 9.43. The zero-order chi connectivity index (χ0) is 18.5. The number of hydrogen-bond donors (Lipinski definition) is 3. The topological polar surface area (TPSA) is 74.2 Å². The average Bonchev–Trinajstić information content (AvgIpc) is 2.67. The third kappa shape index (κ3) is 10.3. The molecule has 0 aliphatic heterocycles. The lowest BCUT2D eigenvalue weighted by molar-refractivity contribution is 0.749. The van der Waals surface area contributed by atoms with Crippen LogP contribution < -0.4 is 16.0 Å². The van der Waals surface area contributed by atoms with Crippen molar-refractivity contribution in [3.63, 3.8) is 0 Å². The standard InChI is InChI=1S/C19H27ClN6.HI/c1-2-21-19(25-14-10-16-8-9-17(20)26-15-16)24-13-6-5-12-23-18-7-3-4-11-22-18;/h3-4,7-9,11,15H,2,5-6,10,12-14H2,1H3,(H,22,23)(H2,21,24,25);1H. The van der Waals surface area contributed by atoms with Crippen LogP contribution in [0.2, 0.25) is 5.15 Å². The average molecular weight is 503 g/mol. The molecule has 148 valence electrons. The Balaban J connectivity index is 0.00000364. The largest absolute Gasteiger partial charge is 0.370 e. The van der Waals surface area contributed by atoms with Gasteiger partial charge in [-0.2, -0.15) is 0 Å². The second-order valence-corrected chi connectivity index (χ2v) is 6.16. The van der Waals surface area contributed by atoms with Crippen LogP contribution in [0, 0.1) is 0 Å². The molecular weight excluding hydrogens is 475 g/mol. The van der Waals surface area contributed by atoms with Gasteiger partial charge in [0.25, 0.3) is 0 Å². The van der Waals surface area contributed by atoms with E-state index in [-0.39, 0.29) is 24.0 Å². The normalized spacial score (nSPS) is 10.8. The van der Waals surface area contributed by atoms with Gasteiger partial charge in [-0.1, -0.05) is 23.7 Å². The van der Waals surface area contributed by atoms with Gasteiger partial charge in [-0.25, -0.2) is 9.97 Å². The Kier molecular flexibility index (Phi) is 12.5. The van der Waals surface area contributed by atoms with Gasteiger partial charge in [0.1, 0.15) is 11.0 Å². The maximum absolute atomic E-state index is 5.80. The van der Waals surface area contributed by atoms with E-state index in [9.17, 15) is 0 Å². The zero-order valence-electron chi connectivity index (χ0n) is 15.6. The van der Waals surface area contributed by atoms with Crippen LogP contribution in [0.3, 0.4) is 0 Å². The summed E-state index contributed by atoms with van der Waals surface area (Å²) in [5.41, 5.74) is 1.15. The molecule has 2 rings (SSSR count). The number of unbranched alkanes of at least 4 members (excludes halogenated alkanes) is 1. The first kappa shape index (κ1) is 23.4. The number of hydrogen-bond acceptors (Lipinski definition) is 4. The van der Waals surface area contributed by atoms with Crippen molar-refractivity contribution < 1.29 is 0 Å². The number of aliphatic imine (C=N–C) groups is 1. The Morgan fingerprint density at radius 2 is 1.96 bits per heavy atom. The fourth-order valence-electron chi connectivity index (χ4n) is 2.33. The van der Waals surface area contributed by atoms with Crippen molar-refractivity contribution in [1.82, 2.24) is 20.6 Å². The van der Waals surface area contributed by atoms with Gasteiger partial charge < -0.3 is 16.0 Å². The van der Waals surface area contributed by atoms with E-state index in [1.54, 1.807) is 6.20 Å². The van der Waals surface area contributed by atoms with Crippen LogP contribution in [-0.2, 0) is 6.42 Å². The van der Waals surface area contributed by atoms with Crippen molar-refractivity contribution in [2.24, 2.45) is 4.99 Å². The molecule has 0 bridgehead atoms.